The van der Waals surface area contributed by atoms with Crippen LogP contribution in [0.25, 0.3) is 34.1 Å². The van der Waals surface area contributed by atoms with Gasteiger partial charge in [0.2, 0.25) is 5.82 Å². The van der Waals surface area contributed by atoms with Crippen molar-refractivity contribution < 1.29 is 9.26 Å². The van der Waals surface area contributed by atoms with Crippen molar-refractivity contribution >= 4 is 11.3 Å². The van der Waals surface area contributed by atoms with Crippen molar-refractivity contribution in [2.75, 3.05) is 7.11 Å². The maximum Gasteiger partial charge on any atom is 0.258 e. The van der Waals surface area contributed by atoms with E-state index in [1.54, 1.807) is 18.4 Å². The van der Waals surface area contributed by atoms with Crippen LogP contribution in [0.1, 0.15) is 23.8 Å². The third kappa shape index (κ3) is 3.24. The fourth-order valence-electron chi connectivity index (χ4n) is 2.92. The number of methoxy groups -OCH3 is 1. The van der Waals surface area contributed by atoms with E-state index in [9.17, 15) is 0 Å². The summed E-state index contributed by atoms with van der Waals surface area (Å²) in [6.45, 7) is 0. The van der Waals surface area contributed by atoms with Gasteiger partial charge in [-0.15, -0.1) is 11.3 Å². The number of hydrogen-bond donors (Lipinski definition) is 0. The van der Waals surface area contributed by atoms with Crippen molar-refractivity contribution in [3.8, 4) is 39.8 Å². The van der Waals surface area contributed by atoms with Crippen LogP contribution in [0.5, 0.6) is 5.75 Å². The summed E-state index contributed by atoms with van der Waals surface area (Å²) in [4.78, 5) is 9.27. The molecule has 4 aromatic rings. The lowest BCUT2D eigenvalue weighted by atomic mass is 10.1. The Labute approximate surface area is 160 Å². The van der Waals surface area contributed by atoms with Gasteiger partial charge in [0, 0.05) is 28.0 Å². The van der Waals surface area contributed by atoms with Gasteiger partial charge >= 0.3 is 0 Å². The first-order valence-electron chi connectivity index (χ1n) is 8.84. The average molecular weight is 375 g/mol. The maximum absolute atomic E-state index is 5.42. The second kappa shape index (κ2) is 6.63. The Balaban J connectivity index is 1.37. The summed E-state index contributed by atoms with van der Waals surface area (Å²) < 4.78 is 10.6. The summed E-state index contributed by atoms with van der Waals surface area (Å²) in [5.74, 6) is 2.55. The molecule has 1 saturated carbocycles. The molecule has 0 saturated heterocycles. The van der Waals surface area contributed by atoms with Crippen LogP contribution in [-0.2, 0) is 0 Å². The van der Waals surface area contributed by atoms with Gasteiger partial charge in [-0.25, -0.2) is 4.98 Å². The molecular formula is C21H17N3O2S. The minimum absolute atomic E-state index is 0.491. The van der Waals surface area contributed by atoms with Crippen molar-refractivity contribution in [1.29, 1.82) is 0 Å². The molecule has 5 nitrogen and oxygen atoms in total. The molecule has 0 N–H and O–H groups in total. The van der Waals surface area contributed by atoms with E-state index in [2.05, 4.69) is 27.7 Å². The summed E-state index contributed by atoms with van der Waals surface area (Å²) in [5, 5.41) is 7.51. The predicted molar refractivity (Wildman–Crippen MR) is 105 cm³/mol. The Hall–Kier alpha value is -2.99. The molecule has 2 heterocycles. The highest BCUT2D eigenvalue weighted by Crippen LogP contribution is 2.42. The summed E-state index contributed by atoms with van der Waals surface area (Å²) >= 11 is 1.76. The topological polar surface area (TPSA) is 61.0 Å². The van der Waals surface area contributed by atoms with E-state index in [1.165, 1.54) is 17.8 Å². The van der Waals surface area contributed by atoms with E-state index < -0.39 is 0 Å². The van der Waals surface area contributed by atoms with Gasteiger partial charge < -0.3 is 9.26 Å². The molecule has 1 aliphatic carbocycles. The summed E-state index contributed by atoms with van der Waals surface area (Å²) in [5.41, 5.74) is 3.93. The summed E-state index contributed by atoms with van der Waals surface area (Å²) in [7, 11) is 1.64. The lowest BCUT2D eigenvalue weighted by molar-refractivity contribution is 0.414. The Morgan fingerprint density at radius 3 is 2.33 bits per heavy atom. The predicted octanol–water partition coefficient (Wildman–Crippen LogP) is 5.41. The van der Waals surface area contributed by atoms with Gasteiger partial charge in [0.25, 0.3) is 5.89 Å². The quantitative estimate of drug-likeness (QED) is 0.466. The zero-order valence-corrected chi connectivity index (χ0v) is 15.6. The van der Waals surface area contributed by atoms with Crippen LogP contribution >= 0.6 is 11.3 Å². The van der Waals surface area contributed by atoms with Crippen molar-refractivity contribution in [2.45, 2.75) is 18.8 Å². The molecule has 27 heavy (non-hydrogen) atoms. The number of nitrogens with zero attached hydrogens (tertiary/aromatic N) is 3. The molecule has 134 valence electrons. The zero-order chi connectivity index (χ0) is 18.2. The molecule has 0 spiro atoms. The molecule has 6 heteroatoms. The van der Waals surface area contributed by atoms with Gasteiger partial charge in [-0.2, -0.15) is 4.98 Å². The van der Waals surface area contributed by atoms with Crippen LogP contribution in [0.4, 0.5) is 0 Å². The lowest BCUT2D eigenvalue weighted by Gasteiger charge is -1.99. The first-order valence-corrected chi connectivity index (χ1v) is 9.72. The van der Waals surface area contributed by atoms with E-state index >= 15 is 0 Å². The average Bonchev–Trinajstić information content (AvgIpc) is 3.26. The van der Waals surface area contributed by atoms with Gasteiger partial charge in [0.15, 0.2) is 0 Å². The highest BCUT2D eigenvalue weighted by molar-refractivity contribution is 7.10. The van der Waals surface area contributed by atoms with Gasteiger partial charge in [-0.1, -0.05) is 29.4 Å². The largest absolute Gasteiger partial charge is 0.497 e. The molecular weight excluding hydrogens is 358 g/mol. The third-order valence-electron chi connectivity index (χ3n) is 4.65. The Bertz CT molecular complexity index is 1060. The van der Waals surface area contributed by atoms with Crippen LogP contribution in [0.3, 0.4) is 0 Å². The highest BCUT2D eigenvalue weighted by atomic mass is 32.1. The van der Waals surface area contributed by atoms with Crippen LogP contribution in [0.2, 0.25) is 0 Å². The Kier molecular flexibility index (Phi) is 3.98. The SMILES string of the molecule is COc1ccc(-c2nc(-c3ccc(-c4csc(C5CC5)n4)cc3)no2)cc1. The molecule has 0 aliphatic heterocycles. The van der Waals surface area contributed by atoms with Gasteiger partial charge in [0.05, 0.1) is 17.8 Å². The number of ether oxygens (including phenoxy) is 1. The molecule has 1 fully saturated rings. The minimum atomic E-state index is 0.491. The third-order valence-corrected chi connectivity index (χ3v) is 5.66. The second-order valence-corrected chi connectivity index (χ2v) is 7.46. The standard InChI is InChI=1S/C21H17N3O2S/c1-25-17-10-8-15(9-11-17)20-23-19(24-26-20)14-4-2-13(3-5-14)18-12-27-21(22-18)16-6-7-16/h2-5,8-12,16H,6-7H2,1H3. The lowest BCUT2D eigenvalue weighted by Crippen LogP contribution is -1.84. The minimum Gasteiger partial charge on any atom is -0.497 e. The van der Waals surface area contributed by atoms with Crippen LogP contribution in [-0.4, -0.2) is 22.2 Å². The van der Waals surface area contributed by atoms with E-state index in [0.29, 0.717) is 17.6 Å². The molecule has 0 amide bonds. The van der Waals surface area contributed by atoms with Crippen molar-refractivity contribution in [3.05, 3.63) is 58.9 Å². The molecule has 5 rings (SSSR count). The van der Waals surface area contributed by atoms with Crippen molar-refractivity contribution in [3.63, 3.8) is 0 Å². The van der Waals surface area contributed by atoms with E-state index in [4.69, 9.17) is 14.2 Å². The highest BCUT2D eigenvalue weighted by Gasteiger charge is 2.26. The molecule has 1 aliphatic rings. The maximum atomic E-state index is 5.42. The van der Waals surface area contributed by atoms with E-state index in [1.807, 2.05) is 36.4 Å². The molecule has 0 bridgehead atoms. The van der Waals surface area contributed by atoms with E-state index in [0.717, 1.165) is 28.1 Å². The Morgan fingerprint density at radius 2 is 1.63 bits per heavy atom. The molecule has 2 aromatic carbocycles. The van der Waals surface area contributed by atoms with Crippen molar-refractivity contribution in [1.82, 2.24) is 15.1 Å². The van der Waals surface area contributed by atoms with Gasteiger partial charge in [-0.05, 0) is 37.1 Å². The molecule has 2 aromatic heterocycles. The number of aromatic nitrogens is 3. The smallest absolute Gasteiger partial charge is 0.258 e. The van der Waals surface area contributed by atoms with Crippen molar-refractivity contribution in [2.24, 2.45) is 0 Å². The summed E-state index contributed by atoms with van der Waals surface area (Å²) in [6, 6.07) is 15.7. The molecule has 0 unspecified atom stereocenters. The number of thiazole rings is 1. The monoisotopic (exact) mass is 375 g/mol. The van der Waals surface area contributed by atoms with Gasteiger partial charge in [0.1, 0.15) is 5.75 Å². The van der Waals surface area contributed by atoms with Crippen LogP contribution in [0, 0.1) is 0 Å². The van der Waals surface area contributed by atoms with Crippen LogP contribution < -0.4 is 4.74 Å². The normalized spacial score (nSPS) is 13.7. The van der Waals surface area contributed by atoms with Crippen LogP contribution in [0.15, 0.2) is 58.4 Å². The fourth-order valence-corrected chi connectivity index (χ4v) is 3.92. The Morgan fingerprint density at radius 1 is 0.926 bits per heavy atom. The first-order chi connectivity index (χ1) is 13.3. The molecule has 0 atom stereocenters. The molecule has 0 radical (unpaired) electrons. The van der Waals surface area contributed by atoms with Gasteiger partial charge in [-0.3, -0.25) is 0 Å². The first kappa shape index (κ1) is 16.2. The second-order valence-electron chi connectivity index (χ2n) is 6.57. The number of benzene rings is 2. The number of hydrogen-bond acceptors (Lipinski definition) is 6. The van der Waals surface area contributed by atoms with E-state index in [-0.39, 0.29) is 0 Å². The number of rotatable bonds is 5. The zero-order valence-electron chi connectivity index (χ0n) is 14.8. The summed E-state index contributed by atoms with van der Waals surface area (Å²) in [6.07, 6.45) is 2.56. The fraction of sp³-hybridized carbons (Fsp3) is 0.190.